The van der Waals surface area contributed by atoms with E-state index in [0.29, 0.717) is 5.69 Å². The van der Waals surface area contributed by atoms with Crippen molar-refractivity contribution in [2.45, 2.75) is 46.3 Å². The van der Waals surface area contributed by atoms with E-state index >= 15 is 0 Å². The van der Waals surface area contributed by atoms with Crippen molar-refractivity contribution in [1.29, 1.82) is 0 Å². The topological polar surface area (TPSA) is 68.3 Å². The zero-order chi connectivity index (χ0) is 14.6. The van der Waals surface area contributed by atoms with Crippen LogP contribution < -0.4 is 5.32 Å². The molecule has 6 heteroatoms. The number of ether oxygens (including phenoxy) is 1. The predicted molar refractivity (Wildman–Crippen MR) is 74.1 cm³/mol. The molecule has 1 N–H and O–H groups in total. The van der Waals surface area contributed by atoms with E-state index in [2.05, 4.69) is 10.3 Å². The summed E-state index contributed by atoms with van der Waals surface area (Å²) in [6.45, 7) is 9.10. The average Bonchev–Trinajstić information content (AvgIpc) is 2.75. The van der Waals surface area contributed by atoms with Gasteiger partial charge in [-0.05, 0) is 26.7 Å². The van der Waals surface area contributed by atoms with Crippen molar-refractivity contribution < 1.29 is 14.3 Å². The van der Waals surface area contributed by atoms with Gasteiger partial charge in [0.15, 0.2) is 0 Å². The Labute approximate surface area is 117 Å². The number of rotatable bonds is 4. The maximum atomic E-state index is 12.1. The molecule has 1 aromatic heterocycles. The first-order chi connectivity index (χ1) is 8.70. The van der Waals surface area contributed by atoms with Gasteiger partial charge >= 0.3 is 5.97 Å². The van der Waals surface area contributed by atoms with E-state index < -0.39 is 17.6 Å². The molecule has 0 aliphatic rings. The lowest BCUT2D eigenvalue weighted by molar-refractivity contribution is -0.158. The van der Waals surface area contributed by atoms with E-state index in [1.54, 1.807) is 31.7 Å². The SMILES string of the molecule is CC(C)[C@H](NC(=O)c1cscn1)C(=O)OC(C)(C)C. The molecule has 0 saturated carbocycles. The molecule has 0 unspecified atom stereocenters. The Hall–Kier alpha value is -1.43. The van der Waals surface area contributed by atoms with Gasteiger partial charge in [-0.25, -0.2) is 9.78 Å². The van der Waals surface area contributed by atoms with Gasteiger partial charge in [-0.1, -0.05) is 13.8 Å². The van der Waals surface area contributed by atoms with Gasteiger partial charge in [0.1, 0.15) is 17.3 Å². The molecule has 1 aromatic rings. The summed E-state index contributed by atoms with van der Waals surface area (Å²) >= 11 is 1.33. The first-order valence-corrected chi connectivity index (χ1v) is 7.07. The van der Waals surface area contributed by atoms with Crippen LogP contribution in [0.3, 0.4) is 0 Å². The summed E-state index contributed by atoms with van der Waals surface area (Å²) in [5.41, 5.74) is 1.32. The van der Waals surface area contributed by atoms with E-state index in [1.165, 1.54) is 11.3 Å². The van der Waals surface area contributed by atoms with Gasteiger partial charge in [-0.2, -0.15) is 0 Å². The molecular formula is C13H20N2O3S. The number of amides is 1. The molecule has 0 spiro atoms. The molecule has 0 aliphatic heterocycles. The lowest BCUT2D eigenvalue weighted by atomic mass is 10.0. The van der Waals surface area contributed by atoms with Crippen LogP contribution in [0.2, 0.25) is 0 Å². The molecule has 5 nitrogen and oxygen atoms in total. The van der Waals surface area contributed by atoms with E-state index in [-0.39, 0.29) is 11.8 Å². The minimum atomic E-state index is -0.673. The number of hydrogen-bond donors (Lipinski definition) is 1. The fourth-order valence-corrected chi connectivity index (χ4v) is 1.93. The van der Waals surface area contributed by atoms with Gasteiger partial charge in [0.25, 0.3) is 5.91 Å². The van der Waals surface area contributed by atoms with Gasteiger partial charge in [-0.15, -0.1) is 11.3 Å². The van der Waals surface area contributed by atoms with Crippen LogP contribution in [0, 0.1) is 5.92 Å². The standard InChI is InChI=1S/C13H20N2O3S/c1-8(2)10(12(17)18-13(3,4)5)15-11(16)9-6-19-7-14-9/h6-8,10H,1-5H3,(H,15,16)/t10-/m0/s1. The van der Waals surface area contributed by atoms with Crippen LogP contribution in [0.25, 0.3) is 0 Å². The fourth-order valence-electron chi connectivity index (χ4n) is 1.40. The smallest absolute Gasteiger partial charge is 0.329 e. The Morgan fingerprint density at radius 3 is 2.42 bits per heavy atom. The van der Waals surface area contributed by atoms with E-state index in [1.807, 2.05) is 13.8 Å². The molecule has 0 fully saturated rings. The monoisotopic (exact) mass is 284 g/mol. The third-order valence-corrected chi connectivity index (χ3v) is 2.87. The summed E-state index contributed by atoms with van der Waals surface area (Å²) in [4.78, 5) is 27.9. The Bertz CT molecular complexity index is 435. The van der Waals surface area contributed by atoms with Crippen molar-refractivity contribution in [2.24, 2.45) is 5.92 Å². The zero-order valence-electron chi connectivity index (χ0n) is 11.9. The quantitative estimate of drug-likeness (QED) is 0.861. The summed E-state index contributed by atoms with van der Waals surface area (Å²) in [6.07, 6.45) is 0. The highest BCUT2D eigenvalue weighted by Gasteiger charge is 2.29. The maximum Gasteiger partial charge on any atom is 0.329 e. The molecule has 0 aromatic carbocycles. The number of aromatic nitrogens is 1. The second-order valence-corrected chi connectivity index (χ2v) is 6.32. The molecule has 0 aliphatic carbocycles. The Morgan fingerprint density at radius 2 is 2.00 bits per heavy atom. The number of esters is 1. The minimum absolute atomic E-state index is 0.0579. The van der Waals surface area contributed by atoms with Gasteiger partial charge in [-0.3, -0.25) is 4.79 Å². The highest BCUT2D eigenvalue weighted by atomic mass is 32.1. The molecule has 106 valence electrons. The number of carbonyl (C=O) groups is 2. The van der Waals surface area contributed by atoms with Crippen LogP contribution in [-0.2, 0) is 9.53 Å². The van der Waals surface area contributed by atoms with Crippen LogP contribution in [0.5, 0.6) is 0 Å². The molecule has 1 amide bonds. The highest BCUT2D eigenvalue weighted by molar-refractivity contribution is 7.07. The van der Waals surface area contributed by atoms with Crippen molar-refractivity contribution in [2.75, 3.05) is 0 Å². The van der Waals surface area contributed by atoms with Crippen molar-refractivity contribution >= 4 is 23.2 Å². The number of hydrogen-bond acceptors (Lipinski definition) is 5. The lowest BCUT2D eigenvalue weighted by Gasteiger charge is -2.26. The molecule has 19 heavy (non-hydrogen) atoms. The molecule has 0 radical (unpaired) electrons. The fraction of sp³-hybridized carbons (Fsp3) is 0.615. The summed E-state index contributed by atoms with van der Waals surface area (Å²) in [6, 6.07) is -0.673. The van der Waals surface area contributed by atoms with Crippen LogP contribution in [0.4, 0.5) is 0 Å². The normalized spacial score (nSPS) is 13.2. The summed E-state index contributed by atoms with van der Waals surface area (Å²) in [7, 11) is 0. The lowest BCUT2D eigenvalue weighted by Crippen LogP contribution is -2.47. The average molecular weight is 284 g/mol. The van der Waals surface area contributed by atoms with Gasteiger partial charge in [0, 0.05) is 5.38 Å². The summed E-state index contributed by atoms with van der Waals surface area (Å²) < 4.78 is 5.31. The van der Waals surface area contributed by atoms with Crippen molar-refractivity contribution in [3.63, 3.8) is 0 Å². The minimum Gasteiger partial charge on any atom is -0.458 e. The van der Waals surface area contributed by atoms with Crippen LogP contribution in [0.15, 0.2) is 10.9 Å². The summed E-state index contributed by atoms with van der Waals surface area (Å²) in [5.74, 6) is -0.839. The molecule has 1 rings (SSSR count). The number of carbonyl (C=O) groups excluding carboxylic acids is 2. The number of nitrogens with zero attached hydrogens (tertiary/aromatic N) is 1. The van der Waals surface area contributed by atoms with Crippen molar-refractivity contribution in [3.8, 4) is 0 Å². The van der Waals surface area contributed by atoms with E-state index in [4.69, 9.17) is 4.74 Å². The maximum absolute atomic E-state index is 12.1. The molecular weight excluding hydrogens is 264 g/mol. The third kappa shape index (κ3) is 4.98. The molecule has 1 heterocycles. The van der Waals surface area contributed by atoms with Gasteiger partial charge in [0.05, 0.1) is 5.51 Å². The third-order valence-electron chi connectivity index (χ3n) is 2.28. The predicted octanol–water partition coefficient (Wildman–Crippen LogP) is 2.24. The van der Waals surface area contributed by atoms with E-state index in [0.717, 1.165) is 0 Å². The Morgan fingerprint density at radius 1 is 1.37 bits per heavy atom. The first kappa shape index (κ1) is 15.6. The molecule has 0 bridgehead atoms. The van der Waals surface area contributed by atoms with Crippen molar-refractivity contribution in [3.05, 3.63) is 16.6 Å². The Balaban J connectivity index is 2.73. The van der Waals surface area contributed by atoms with Crippen LogP contribution >= 0.6 is 11.3 Å². The number of nitrogens with one attached hydrogen (secondary N) is 1. The van der Waals surface area contributed by atoms with Crippen LogP contribution in [-0.4, -0.2) is 28.5 Å². The van der Waals surface area contributed by atoms with Crippen LogP contribution in [0.1, 0.15) is 45.1 Å². The van der Waals surface area contributed by atoms with E-state index in [9.17, 15) is 9.59 Å². The van der Waals surface area contributed by atoms with Gasteiger partial charge in [0.2, 0.25) is 0 Å². The second kappa shape index (κ2) is 6.14. The largest absolute Gasteiger partial charge is 0.458 e. The molecule has 0 saturated heterocycles. The van der Waals surface area contributed by atoms with Gasteiger partial charge < -0.3 is 10.1 Å². The number of thiazole rings is 1. The Kier molecular flexibility index (Phi) is 5.05. The highest BCUT2D eigenvalue weighted by Crippen LogP contribution is 2.13. The van der Waals surface area contributed by atoms with Crippen molar-refractivity contribution in [1.82, 2.24) is 10.3 Å². The molecule has 1 atom stereocenters. The second-order valence-electron chi connectivity index (χ2n) is 5.60. The zero-order valence-corrected chi connectivity index (χ0v) is 12.7. The summed E-state index contributed by atoms with van der Waals surface area (Å²) in [5, 5.41) is 4.31. The first-order valence-electron chi connectivity index (χ1n) is 6.12.